The predicted octanol–water partition coefficient (Wildman–Crippen LogP) is 2.02. The average molecular weight is 327 g/mol. The van der Waals surface area contributed by atoms with Crippen LogP contribution >= 0.6 is 0 Å². The number of imidazole rings is 1. The average Bonchev–Trinajstić information content (AvgIpc) is 2.98. The molecule has 0 aromatic carbocycles. The fraction of sp³-hybridized carbons (Fsp3) is 0.588. The van der Waals surface area contributed by atoms with Crippen molar-refractivity contribution in [1.82, 2.24) is 19.5 Å². The first-order valence-corrected chi connectivity index (χ1v) is 8.85. The zero-order valence-electron chi connectivity index (χ0n) is 13.9. The Labute approximate surface area is 142 Å². The Morgan fingerprint density at radius 2 is 2.00 bits per heavy atom. The topological polar surface area (TPSA) is 98.9 Å². The summed E-state index contributed by atoms with van der Waals surface area (Å²) in [4.78, 5) is 15.2. The van der Waals surface area contributed by atoms with E-state index in [0.29, 0.717) is 11.7 Å². The first-order chi connectivity index (χ1) is 11.7. The molecule has 4 rings (SSSR count). The normalized spacial score (nSPS) is 21.7. The fourth-order valence-electron chi connectivity index (χ4n) is 3.82. The van der Waals surface area contributed by atoms with Gasteiger partial charge in [-0.15, -0.1) is 0 Å². The Bertz CT molecular complexity index is 686. The Morgan fingerprint density at radius 1 is 1.12 bits per heavy atom. The highest BCUT2D eigenvalue weighted by Crippen LogP contribution is 2.32. The van der Waals surface area contributed by atoms with Crippen LogP contribution in [0.15, 0.2) is 18.5 Å². The van der Waals surface area contributed by atoms with Gasteiger partial charge in [0.1, 0.15) is 17.5 Å². The van der Waals surface area contributed by atoms with Crippen molar-refractivity contribution in [1.29, 1.82) is 0 Å². The van der Waals surface area contributed by atoms with Gasteiger partial charge in [0.2, 0.25) is 5.95 Å². The van der Waals surface area contributed by atoms with Crippen molar-refractivity contribution in [2.45, 2.75) is 44.6 Å². The maximum atomic E-state index is 5.82. The van der Waals surface area contributed by atoms with Crippen molar-refractivity contribution < 1.29 is 0 Å². The summed E-state index contributed by atoms with van der Waals surface area (Å²) in [6.07, 6.45) is 10.4. The van der Waals surface area contributed by atoms with Crippen LogP contribution in [0, 0.1) is 5.92 Å². The summed E-state index contributed by atoms with van der Waals surface area (Å²) in [5.74, 6) is 3.94. The molecule has 1 atom stereocenters. The SMILES string of the molecule is Nc1cc(N2CCC[C@@H](c3nccn3CC3CCC3)C2)nc(N)n1. The molecule has 24 heavy (non-hydrogen) atoms. The van der Waals surface area contributed by atoms with Crippen molar-refractivity contribution >= 4 is 17.6 Å². The van der Waals surface area contributed by atoms with E-state index in [9.17, 15) is 0 Å². The van der Waals surface area contributed by atoms with E-state index in [1.165, 1.54) is 25.1 Å². The third kappa shape index (κ3) is 3.02. The van der Waals surface area contributed by atoms with E-state index >= 15 is 0 Å². The third-order valence-corrected chi connectivity index (χ3v) is 5.29. The molecular formula is C17H25N7. The van der Waals surface area contributed by atoms with Gasteiger partial charge in [0, 0.05) is 44.0 Å². The van der Waals surface area contributed by atoms with Crippen molar-refractivity contribution in [3.8, 4) is 0 Å². The van der Waals surface area contributed by atoms with Gasteiger partial charge in [-0.1, -0.05) is 6.42 Å². The van der Waals surface area contributed by atoms with Gasteiger partial charge in [-0.3, -0.25) is 0 Å². The van der Waals surface area contributed by atoms with Crippen LogP contribution in [-0.4, -0.2) is 32.6 Å². The molecule has 3 heterocycles. The lowest BCUT2D eigenvalue weighted by molar-refractivity contribution is 0.270. The maximum absolute atomic E-state index is 5.82. The minimum atomic E-state index is 0.235. The number of piperidine rings is 1. The minimum Gasteiger partial charge on any atom is -0.383 e. The summed E-state index contributed by atoms with van der Waals surface area (Å²) < 4.78 is 2.36. The molecule has 0 radical (unpaired) electrons. The molecule has 1 saturated heterocycles. The van der Waals surface area contributed by atoms with E-state index in [1.54, 1.807) is 6.07 Å². The van der Waals surface area contributed by atoms with Crippen LogP contribution in [0.3, 0.4) is 0 Å². The molecular weight excluding hydrogens is 302 g/mol. The molecule has 128 valence electrons. The molecule has 0 bridgehead atoms. The summed E-state index contributed by atoms with van der Waals surface area (Å²) >= 11 is 0. The number of nitrogens with zero attached hydrogens (tertiary/aromatic N) is 5. The molecule has 0 unspecified atom stereocenters. The molecule has 2 aromatic heterocycles. The van der Waals surface area contributed by atoms with E-state index in [0.717, 1.165) is 44.2 Å². The lowest BCUT2D eigenvalue weighted by atomic mass is 9.85. The molecule has 2 aliphatic rings. The van der Waals surface area contributed by atoms with Gasteiger partial charge in [0.15, 0.2) is 0 Å². The van der Waals surface area contributed by atoms with Gasteiger partial charge in [-0.05, 0) is 31.6 Å². The van der Waals surface area contributed by atoms with Gasteiger partial charge < -0.3 is 20.9 Å². The van der Waals surface area contributed by atoms with Crippen LogP contribution in [0.1, 0.15) is 43.8 Å². The highest BCUT2D eigenvalue weighted by Gasteiger charge is 2.27. The van der Waals surface area contributed by atoms with Gasteiger partial charge in [-0.25, -0.2) is 4.98 Å². The maximum Gasteiger partial charge on any atom is 0.223 e. The molecule has 1 saturated carbocycles. The van der Waals surface area contributed by atoms with Gasteiger partial charge in [0.05, 0.1) is 0 Å². The number of hydrogen-bond donors (Lipinski definition) is 2. The number of aromatic nitrogens is 4. The summed E-state index contributed by atoms with van der Waals surface area (Å²) in [7, 11) is 0. The molecule has 2 aromatic rings. The van der Waals surface area contributed by atoms with E-state index < -0.39 is 0 Å². The highest BCUT2D eigenvalue weighted by atomic mass is 15.2. The van der Waals surface area contributed by atoms with E-state index in [1.807, 2.05) is 6.20 Å². The predicted molar refractivity (Wildman–Crippen MR) is 94.6 cm³/mol. The molecule has 4 N–H and O–H groups in total. The number of anilines is 3. The standard InChI is InChI=1S/C17H25N7/c18-14-9-15(22-17(19)21-14)23-7-2-5-13(11-23)16-20-6-8-24(16)10-12-3-1-4-12/h6,8-9,12-13H,1-5,7,10-11H2,(H4,18,19,21,22)/t13-/m1/s1. The summed E-state index contributed by atoms with van der Waals surface area (Å²) in [6, 6.07) is 1.81. The molecule has 1 aliphatic heterocycles. The van der Waals surface area contributed by atoms with Crippen molar-refractivity contribution in [3.63, 3.8) is 0 Å². The Kier molecular flexibility index (Phi) is 4.00. The summed E-state index contributed by atoms with van der Waals surface area (Å²) in [6.45, 7) is 2.98. The Hall–Kier alpha value is -2.31. The van der Waals surface area contributed by atoms with Crippen molar-refractivity contribution in [2.75, 3.05) is 29.5 Å². The monoisotopic (exact) mass is 327 g/mol. The van der Waals surface area contributed by atoms with Gasteiger partial charge in [0.25, 0.3) is 0 Å². The highest BCUT2D eigenvalue weighted by molar-refractivity contribution is 5.50. The third-order valence-electron chi connectivity index (χ3n) is 5.29. The second-order valence-corrected chi connectivity index (χ2v) is 7.03. The van der Waals surface area contributed by atoms with E-state index in [-0.39, 0.29) is 5.95 Å². The second-order valence-electron chi connectivity index (χ2n) is 7.03. The van der Waals surface area contributed by atoms with Gasteiger partial charge in [-0.2, -0.15) is 9.97 Å². The van der Waals surface area contributed by atoms with E-state index in [4.69, 9.17) is 11.5 Å². The van der Waals surface area contributed by atoms with Crippen LogP contribution < -0.4 is 16.4 Å². The van der Waals surface area contributed by atoms with Crippen LogP contribution in [-0.2, 0) is 6.54 Å². The number of nitrogen functional groups attached to an aromatic ring is 2. The van der Waals surface area contributed by atoms with Crippen LogP contribution in [0.4, 0.5) is 17.6 Å². The van der Waals surface area contributed by atoms with Crippen molar-refractivity contribution in [2.24, 2.45) is 5.92 Å². The van der Waals surface area contributed by atoms with Gasteiger partial charge >= 0.3 is 0 Å². The minimum absolute atomic E-state index is 0.235. The molecule has 7 heteroatoms. The molecule has 0 amide bonds. The molecule has 2 fully saturated rings. The van der Waals surface area contributed by atoms with Crippen LogP contribution in [0.25, 0.3) is 0 Å². The summed E-state index contributed by atoms with van der Waals surface area (Å²) in [5.41, 5.74) is 11.6. The number of nitrogens with two attached hydrogens (primary N) is 2. The largest absolute Gasteiger partial charge is 0.383 e. The molecule has 1 aliphatic carbocycles. The smallest absolute Gasteiger partial charge is 0.223 e. The Balaban J connectivity index is 1.51. The van der Waals surface area contributed by atoms with E-state index in [2.05, 4.69) is 30.6 Å². The molecule has 0 spiro atoms. The Morgan fingerprint density at radius 3 is 2.75 bits per heavy atom. The molecule has 7 nitrogen and oxygen atoms in total. The zero-order valence-corrected chi connectivity index (χ0v) is 13.9. The quantitative estimate of drug-likeness (QED) is 0.891. The lowest BCUT2D eigenvalue weighted by Gasteiger charge is -2.34. The number of hydrogen-bond acceptors (Lipinski definition) is 6. The number of rotatable bonds is 4. The summed E-state index contributed by atoms with van der Waals surface area (Å²) in [5, 5.41) is 0. The zero-order chi connectivity index (χ0) is 16.5. The van der Waals surface area contributed by atoms with Crippen LogP contribution in [0.5, 0.6) is 0 Å². The lowest BCUT2D eigenvalue weighted by Crippen LogP contribution is -2.36. The first-order valence-electron chi connectivity index (χ1n) is 8.85. The first kappa shape index (κ1) is 15.2. The van der Waals surface area contributed by atoms with Crippen molar-refractivity contribution in [3.05, 3.63) is 24.3 Å². The fourth-order valence-corrected chi connectivity index (χ4v) is 3.82. The van der Waals surface area contributed by atoms with Crippen LogP contribution in [0.2, 0.25) is 0 Å². The second kappa shape index (κ2) is 6.30.